The minimum Gasteiger partial charge on any atom is -0.486 e. The van der Waals surface area contributed by atoms with Crippen LogP contribution in [0.25, 0.3) is 11.0 Å². The summed E-state index contributed by atoms with van der Waals surface area (Å²) in [6.45, 7) is 5.22. The number of fused-ring (bicyclic) bond motifs is 1. The lowest BCUT2D eigenvalue weighted by Gasteiger charge is -2.34. The monoisotopic (exact) mass is 417 g/mol. The quantitative estimate of drug-likeness (QED) is 0.524. The average molecular weight is 418 g/mol. The summed E-state index contributed by atoms with van der Waals surface area (Å²) in [5.74, 6) is 1.60. The Kier molecular flexibility index (Phi) is 5.54. The highest BCUT2D eigenvalue weighted by Crippen LogP contribution is 2.18. The molecule has 1 N–H and O–H groups in total. The molecule has 0 radical (unpaired) electrons. The molecule has 0 saturated carbocycles. The summed E-state index contributed by atoms with van der Waals surface area (Å²) in [7, 11) is 0. The minimum atomic E-state index is -0.190. The Hall–Kier alpha value is -3.38. The number of nitrogens with one attached hydrogen (secondary N) is 1. The second kappa shape index (κ2) is 8.78. The van der Waals surface area contributed by atoms with Gasteiger partial charge in [0.1, 0.15) is 18.2 Å². The SMILES string of the molecule is Fc1ccc(N2CC[NH+](Cn3c(COc4ccccc4)nc4ccccc43)CC2)cc1. The van der Waals surface area contributed by atoms with Gasteiger partial charge in [-0.15, -0.1) is 0 Å². The number of anilines is 1. The van der Waals surface area contributed by atoms with Gasteiger partial charge in [0.05, 0.1) is 37.2 Å². The van der Waals surface area contributed by atoms with Gasteiger partial charge in [-0.05, 0) is 48.5 Å². The van der Waals surface area contributed by atoms with E-state index in [-0.39, 0.29) is 5.82 Å². The summed E-state index contributed by atoms with van der Waals surface area (Å²) >= 11 is 0. The summed E-state index contributed by atoms with van der Waals surface area (Å²) in [6.07, 6.45) is 0. The van der Waals surface area contributed by atoms with E-state index < -0.39 is 0 Å². The van der Waals surface area contributed by atoms with E-state index in [1.165, 1.54) is 17.0 Å². The molecular formula is C25H26FN4O+. The van der Waals surface area contributed by atoms with Crippen molar-refractivity contribution in [3.8, 4) is 5.75 Å². The van der Waals surface area contributed by atoms with Crippen molar-refractivity contribution < 1.29 is 14.0 Å². The molecule has 4 aromatic rings. The third kappa shape index (κ3) is 4.39. The van der Waals surface area contributed by atoms with E-state index in [1.54, 1.807) is 0 Å². The van der Waals surface area contributed by atoms with Crippen LogP contribution in [0.4, 0.5) is 10.1 Å². The predicted molar refractivity (Wildman–Crippen MR) is 120 cm³/mol. The maximum absolute atomic E-state index is 13.2. The van der Waals surface area contributed by atoms with E-state index >= 15 is 0 Å². The number of hydrogen-bond donors (Lipinski definition) is 1. The highest BCUT2D eigenvalue weighted by molar-refractivity contribution is 5.75. The third-order valence-corrected chi connectivity index (χ3v) is 5.89. The number of benzene rings is 3. The number of piperazine rings is 1. The molecule has 0 bridgehead atoms. The van der Waals surface area contributed by atoms with Gasteiger partial charge in [0.2, 0.25) is 0 Å². The average Bonchev–Trinajstić information content (AvgIpc) is 3.17. The number of aromatic nitrogens is 2. The molecule has 2 heterocycles. The van der Waals surface area contributed by atoms with E-state index in [0.29, 0.717) is 6.61 Å². The number of halogens is 1. The molecule has 1 saturated heterocycles. The first kappa shape index (κ1) is 19.6. The normalized spacial score (nSPS) is 14.8. The molecule has 158 valence electrons. The highest BCUT2D eigenvalue weighted by Gasteiger charge is 2.22. The van der Waals surface area contributed by atoms with Crippen molar-refractivity contribution in [1.82, 2.24) is 9.55 Å². The lowest BCUT2D eigenvalue weighted by Crippen LogP contribution is -3.14. The Morgan fingerprint density at radius 1 is 0.871 bits per heavy atom. The molecule has 1 aromatic heterocycles. The summed E-state index contributed by atoms with van der Waals surface area (Å²) < 4.78 is 21.5. The summed E-state index contributed by atoms with van der Waals surface area (Å²) in [5, 5.41) is 0. The summed E-state index contributed by atoms with van der Waals surface area (Å²) in [5.41, 5.74) is 3.23. The van der Waals surface area contributed by atoms with Gasteiger partial charge in [-0.3, -0.25) is 4.57 Å². The molecule has 0 spiro atoms. The zero-order chi connectivity index (χ0) is 21.0. The molecule has 3 aromatic carbocycles. The molecule has 31 heavy (non-hydrogen) atoms. The number of ether oxygens (including phenoxy) is 1. The number of imidazole rings is 1. The van der Waals surface area contributed by atoms with Gasteiger partial charge >= 0.3 is 0 Å². The van der Waals surface area contributed by atoms with Crippen LogP contribution in [0.2, 0.25) is 0 Å². The molecule has 1 aliphatic heterocycles. The van der Waals surface area contributed by atoms with Crippen LogP contribution in [0.15, 0.2) is 78.9 Å². The van der Waals surface area contributed by atoms with Crippen molar-refractivity contribution >= 4 is 16.7 Å². The zero-order valence-electron chi connectivity index (χ0n) is 17.4. The van der Waals surface area contributed by atoms with Gasteiger partial charge < -0.3 is 14.5 Å². The molecular weight excluding hydrogens is 391 g/mol. The first-order valence-electron chi connectivity index (χ1n) is 10.7. The first-order valence-corrected chi connectivity index (χ1v) is 10.7. The molecule has 0 aliphatic carbocycles. The van der Waals surface area contributed by atoms with Gasteiger partial charge in [0.15, 0.2) is 12.5 Å². The molecule has 1 aliphatic rings. The Labute approximate surface area is 181 Å². The van der Waals surface area contributed by atoms with E-state index in [4.69, 9.17) is 9.72 Å². The van der Waals surface area contributed by atoms with Crippen LogP contribution >= 0.6 is 0 Å². The van der Waals surface area contributed by atoms with E-state index in [0.717, 1.165) is 61.1 Å². The Bertz CT molecular complexity index is 1140. The van der Waals surface area contributed by atoms with Gasteiger partial charge in [-0.1, -0.05) is 30.3 Å². The lowest BCUT2D eigenvalue weighted by atomic mass is 10.2. The van der Waals surface area contributed by atoms with Gasteiger partial charge in [-0.25, -0.2) is 9.37 Å². The van der Waals surface area contributed by atoms with Crippen molar-refractivity contribution in [2.75, 3.05) is 31.1 Å². The largest absolute Gasteiger partial charge is 0.486 e. The van der Waals surface area contributed by atoms with Crippen LogP contribution in [-0.2, 0) is 13.3 Å². The molecule has 0 unspecified atom stereocenters. The van der Waals surface area contributed by atoms with Crippen LogP contribution in [0.3, 0.4) is 0 Å². The van der Waals surface area contributed by atoms with Crippen molar-refractivity contribution in [3.05, 3.63) is 90.5 Å². The second-order valence-electron chi connectivity index (χ2n) is 7.92. The molecule has 1 fully saturated rings. The Balaban J connectivity index is 1.30. The highest BCUT2D eigenvalue weighted by atomic mass is 19.1. The van der Waals surface area contributed by atoms with Gasteiger partial charge in [0.25, 0.3) is 0 Å². The van der Waals surface area contributed by atoms with Crippen LogP contribution in [0, 0.1) is 5.82 Å². The number of hydrogen-bond acceptors (Lipinski definition) is 3. The second-order valence-corrected chi connectivity index (χ2v) is 7.92. The number of nitrogens with zero attached hydrogens (tertiary/aromatic N) is 3. The standard InChI is InChI=1S/C25H25FN4O/c26-20-10-12-21(13-11-20)29-16-14-28(15-17-29)19-30-24-9-5-4-8-23(24)27-25(30)18-31-22-6-2-1-3-7-22/h1-13H,14-19H2/p+1. The Morgan fingerprint density at radius 3 is 2.35 bits per heavy atom. The Morgan fingerprint density at radius 2 is 1.58 bits per heavy atom. The number of para-hydroxylation sites is 3. The maximum atomic E-state index is 13.2. The fourth-order valence-corrected chi connectivity index (χ4v) is 4.19. The minimum absolute atomic E-state index is 0.190. The predicted octanol–water partition coefficient (Wildman–Crippen LogP) is 3.12. The fourth-order valence-electron chi connectivity index (χ4n) is 4.19. The van der Waals surface area contributed by atoms with Crippen LogP contribution in [-0.4, -0.2) is 35.7 Å². The smallest absolute Gasteiger partial charge is 0.158 e. The van der Waals surface area contributed by atoms with Gasteiger partial charge in [-0.2, -0.15) is 0 Å². The van der Waals surface area contributed by atoms with E-state index in [9.17, 15) is 4.39 Å². The lowest BCUT2D eigenvalue weighted by molar-refractivity contribution is -0.923. The topological polar surface area (TPSA) is 34.7 Å². The molecule has 5 nitrogen and oxygen atoms in total. The molecule has 6 heteroatoms. The molecule has 0 atom stereocenters. The first-order chi connectivity index (χ1) is 15.3. The van der Waals surface area contributed by atoms with Crippen LogP contribution in [0.5, 0.6) is 5.75 Å². The van der Waals surface area contributed by atoms with Crippen molar-refractivity contribution in [2.24, 2.45) is 0 Å². The summed E-state index contributed by atoms with van der Waals surface area (Å²) in [4.78, 5) is 8.67. The van der Waals surface area contributed by atoms with Crippen LogP contribution < -0.4 is 14.5 Å². The van der Waals surface area contributed by atoms with Crippen molar-refractivity contribution in [2.45, 2.75) is 13.3 Å². The molecule has 0 amide bonds. The number of quaternary nitrogens is 1. The summed E-state index contributed by atoms with van der Waals surface area (Å²) in [6, 6.07) is 24.9. The number of rotatable bonds is 6. The fraction of sp³-hybridized carbons (Fsp3) is 0.240. The maximum Gasteiger partial charge on any atom is 0.158 e. The molecule has 5 rings (SSSR count). The van der Waals surface area contributed by atoms with Gasteiger partial charge in [0, 0.05) is 5.69 Å². The zero-order valence-corrected chi connectivity index (χ0v) is 17.4. The van der Waals surface area contributed by atoms with Crippen molar-refractivity contribution in [3.63, 3.8) is 0 Å². The van der Waals surface area contributed by atoms with Crippen LogP contribution in [0.1, 0.15) is 5.82 Å². The van der Waals surface area contributed by atoms with E-state index in [1.807, 2.05) is 48.5 Å². The van der Waals surface area contributed by atoms with E-state index in [2.05, 4.69) is 27.7 Å². The third-order valence-electron chi connectivity index (χ3n) is 5.89. The van der Waals surface area contributed by atoms with Crippen molar-refractivity contribution in [1.29, 1.82) is 0 Å².